The monoisotopic (exact) mass is 834 g/mol. The number of fused-ring (bicyclic) bond motifs is 3. The molecule has 1 saturated carbocycles. The van der Waals surface area contributed by atoms with Crippen molar-refractivity contribution in [2.45, 2.75) is 78.9 Å². The number of rotatable bonds is 6. The molecule has 0 aliphatic heterocycles. The Hall–Kier alpha value is -3.51. The van der Waals surface area contributed by atoms with E-state index in [4.69, 9.17) is 9.40 Å². The van der Waals surface area contributed by atoms with Gasteiger partial charge < -0.3 is 14.4 Å². The van der Waals surface area contributed by atoms with Crippen LogP contribution in [0.15, 0.2) is 83.5 Å². The third-order valence-corrected chi connectivity index (χ3v) is 10.9. The molecule has 7 heteroatoms. The van der Waals surface area contributed by atoms with Crippen molar-refractivity contribution in [1.29, 1.82) is 0 Å². The molecule has 0 N–H and O–H groups in total. The van der Waals surface area contributed by atoms with Gasteiger partial charge >= 0.3 is 0 Å². The maximum atomic E-state index is 13.3. The third-order valence-electron chi connectivity index (χ3n) is 8.84. The van der Waals surface area contributed by atoms with Crippen LogP contribution in [-0.4, -0.2) is 23.0 Å². The minimum Gasteiger partial charge on any atom is -0.486 e. The molecule has 4 aromatic heterocycles. The Morgan fingerprint density at radius 3 is 2.38 bits per heavy atom. The van der Waals surface area contributed by atoms with Gasteiger partial charge in [-0.2, -0.15) is 9.37 Å². The van der Waals surface area contributed by atoms with E-state index < -0.39 is 14.0 Å². The summed E-state index contributed by atoms with van der Waals surface area (Å²) in [4.78, 5) is 13.1. The fourth-order valence-corrected chi connectivity index (χ4v) is 8.19. The zero-order valence-electron chi connectivity index (χ0n) is 28.8. The predicted octanol–water partition coefficient (Wildman–Crippen LogP) is 10.4. The molecule has 4 heterocycles. The van der Waals surface area contributed by atoms with Crippen LogP contribution in [0.5, 0.6) is 0 Å². The van der Waals surface area contributed by atoms with E-state index in [2.05, 4.69) is 93.0 Å². The Balaban J connectivity index is 0.000000189. The number of nitrogens with zero attached hydrogens (tertiary/aromatic N) is 3. The van der Waals surface area contributed by atoms with Crippen LogP contribution in [0.25, 0.3) is 44.6 Å². The quantitative estimate of drug-likeness (QED) is 0.0953. The molecule has 1 aliphatic carbocycles. The van der Waals surface area contributed by atoms with E-state index in [9.17, 15) is 4.39 Å². The first-order valence-electron chi connectivity index (χ1n) is 16.8. The van der Waals surface area contributed by atoms with Crippen LogP contribution in [-0.2, 0) is 32.9 Å². The van der Waals surface area contributed by atoms with Crippen molar-refractivity contribution in [3.8, 4) is 22.5 Å². The van der Waals surface area contributed by atoms with E-state index in [1.165, 1.54) is 48.1 Å². The van der Waals surface area contributed by atoms with Crippen molar-refractivity contribution in [1.82, 2.24) is 15.0 Å². The Morgan fingerprint density at radius 1 is 0.896 bits per heavy atom. The minimum atomic E-state index is -1.37. The minimum absolute atomic E-state index is 0. The second kappa shape index (κ2) is 14.9. The Labute approximate surface area is 299 Å². The van der Waals surface area contributed by atoms with Crippen LogP contribution in [0, 0.1) is 29.4 Å². The van der Waals surface area contributed by atoms with Gasteiger partial charge in [0.05, 0.1) is 13.7 Å². The van der Waals surface area contributed by atoms with Crippen molar-refractivity contribution in [2.75, 3.05) is 0 Å². The van der Waals surface area contributed by atoms with Crippen LogP contribution in [0.2, 0.25) is 19.6 Å². The fraction of sp³-hybridized carbons (Fsp3) is 0.341. The molecule has 0 saturated heterocycles. The van der Waals surface area contributed by atoms with Gasteiger partial charge in [-0.25, -0.2) is 0 Å². The van der Waals surface area contributed by atoms with Gasteiger partial charge in [-0.3, -0.25) is 0 Å². The van der Waals surface area contributed by atoms with Gasteiger partial charge in [-0.1, -0.05) is 94.7 Å². The maximum absolute atomic E-state index is 13.3. The number of halogens is 1. The van der Waals surface area contributed by atoms with E-state index in [1.54, 1.807) is 12.1 Å². The van der Waals surface area contributed by atoms with Gasteiger partial charge in [-0.15, -0.1) is 59.7 Å². The van der Waals surface area contributed by atoms with E-state index in [0.29, 0.717) is 11.3 Å². The summed E-state index contributed by atoms with van der Waals surface area (Å²) in [5, 5.41) is 3.19. The molecule has 1 aliphatic rings. The zero-order chi connectivity index (χ0) is 33.2. The number of benzene rings is 2. The van der Waals surface area contributed by atoms with Crippen LogP contribution in [0.3, 0.4) is 0 Å². The number of hydrogen-bond donors (Lipinski definition) is 0. The summed E-state index contributed by atoms with van der Waals surface area (Å²) < 4.78 is 19.0. The van der Waals surface area contributed by atoms with Crippen LogP contribution in [0.1, 0.15) is 57.6 Å². The van der Waals surface area contributed by atoms with Crippen LogP contribution in [0.4, 0.5) is 4.39 Å². The number of aromatic nitrogens is 3. The molecule has 0 unspecified atom stereocenters. The molecule has 2 aromatic carbocycles. The number of pyridine rings is 3. The molecule has 0 bridgehead atoms. The van der Waals surface area contributed by atoms with E-state index >= 15 is 0 Å². The summed E-state index contributed by atoms with van der Waals surface area (Å²) in [7, 11) is -1.37. The van der Waals surface area contributed by atoms with Crippen molar-refractivity contribution < 1.29 is 28.9 Å². The third kappa shape index (κ3) is 8.74. The van der Waals surface area contributed by atoms with Gasteiger partial charge in [0.25, 0.3) is 0 Å². The fourth-order valence-electron chi connectivity index (χ4n) is 6.61. The number of furan rings is 1. The molecule has 1 radical (unpaired) electrons. The summed E-state index contributed by atoms with van der Waals surface area (Å²) >= 11 is 0. The molecule has 0 atom stereocenters. The molecule has 4 nitrogen and oxygen atoms in total. The van der Waals surface area contributed by atoms with Gasteiger partial charge in [0.1, 0.15) is 0 Å². The molecule has 6 aromatic rings. The average molecular weight is 834 g/mol. The zero-order valence-corrected chi connectivity index (χ0v) is 32.2. The molecule has 48 heavy (non-hydrogen) atoms. The standard InChI is InChI=1S/C22H18FN2O.C19H26NSi.Ir/c23-21-8-6-17-18-13-16(5-7-20(18)26-22(17)25-21)19-12-15(9-10-24-19)11-14-3-1-2-4-14;1-19(2,3)13-16-12-17(15-10-8-7-9-11-15)20-14-18(16)21(4,5)6;/h6-10,12-14H,1-4,11H2;7-10,12,14H,13H2,1-6H3;/q2*-1;. The molecular weight excluding hydrogens is 790 g/mol. The van der Waals surface area contributed by atoms with Crippen LogP contribution < -0.4 is 5.19 Å². The van der Waals surface area contributed by atoms with Gasteiger partial charge in [0, 0.05) is 37.9 Å². The van der Waals surface area contributed by atoms with Gasteiger partial charge in [0.15, 0.2) is 0 Å². The molecule has 0 amide bonds. The second-order valence-corrected chi connectivity index (χ2v) is 20.1. The largest absolute Gasteiger partial charge is 0.486 e. The van der Waals surface area contributed by atoms with Crippen molar-refractivity contribution in [3.63, 3.8) is 0 Å². The predicted molar refractivity (Wildman–Crippen MR) is 194 cm³/mol. The first kappa shape index (κ1) is 35.8. The maximum Gasteiger partial charge on any atom is 0.218 e. The van der Waals surface area contributed by atoms with E-state index in [-0.39, 0.29) is 25.5 Å². The summed E-state index contributed by atoms with van der Waals surface area (Å²) in [5.41, 5.74) is 7.99. The SMILES string of the molecule is CC(C)(C)Cc1cc(-c2[c-]cccc2)ncc1[Si](C)(C)C.Fc1ccc2c(n1)oc1c[c-]c(-c3cc(CC4CCCC4)ccn3)cc12.[Ir]. The van der Waals surface area contributed by atoms with Crippen molar-refractivity contribution in [3.05, 3.63) is 108 Å². The smallest absolute Gasteiger partial charge is 0.218 e. The summed E-state index contributed by atoms with van der Waals surface area (Å²) in [6, 6.07) is 28.0. The Kier molecular flexibility index (Phi) is 11.1. The van der Waals surface area contributed by atoms with Gasteiger partial charge in [-0.05, 0) is 58.9 Å². The Morgan fingerprint density at radius 2 is 1.67 bits per heavy atom. The molecule has 1 fully saturated rings. The molecular formula is C41H44FIrN3OSi-2. The Bertz CT molecular complexity index is 1990. The van der Waals surface area contributed by atoms with E-state index in [0.717, 1.165) is 52.0 Å². The summed E-state index contributed by atoms with van der Waals surface area (Å²) in [5.74, 6) is 0.262. The summed E-state index contributed by atoms with van der Waals surface area (Å²) in [6.45, 7) is 14.1. The first-order valence-corrected chi connectivity index (χ1v) is 20.3. The molecule has 0 spiro atoms. The topological polar surface area (TPSA) is 51.8 Å². The van der Waals surface area contributed by atoms with Crippen LogP contribution >= 0.6 is 0 Å². The normalized spacial score (nSPS) is 13.7. The first-order chi connectivity index (χ1) is 22.4. The van der Waals surface area contributed by atoms with E-state index in [1.807, 2.05) is 30.5 Å². The molecule has 251 valence electrons. The molecule has 7 rings (SSSR count). The second-order valence-electron chi connectivity index (χ2n) is 15.1. The average Bonchev–Trinajstić information content (AvgIpc) is 3.67. The van der Waals surface area contributed by atoms with Crippen molar-refractivity contribution in [2.24, 2.45) is 11.3 Å². The summed E-state index contributed by atoms with van der Waals surface area (Å²) in [6.07, 6.45) is 11.6. The van der Waals surface area contributed by atoms with Gasteiger partial charge in [0.2, 0.25) is 11.7 Å². The number of hydrogen-bond acceptors (Lipinski definition) is 4. The van der Waals surface area contributed by atoms with Crippen molar-refractivity contribution >= 4 is 35.3 Å².